The van der Waals surface area contributed by atoms with Gasteiger partial charge < -0.3 is 4.57 Å². The number of rotatable bonds is 7. The van der Waals surface area contributed by atoms with E-state index in [1.807, 2.05) is 12.5 Å². The van der Waals surface area contributed by atoms with Crippen molar-refractivity contribution in [1.29, 1.82) is 0 Å². The van der Waals surface area contributed by atoms with Crippen LogP contribution in [0.1, 0.15) is 31.4 Å². The number of benzene rings is 2. The van der Waals surface area contributed by atoms with Crippen LogP contribution in [0.2, 0.25) is 6.04 Å². The van der Waals surface area contributed by atoms with Crippen LogP contribution in [0, 0.1) is 0 Å². The minimum Gasteiger partial charge on any atom is -0.327 e. The lowest BCUT2D eigenvalue weighted by molar-refractivity contribution is 0.590. The number of imidazole rings is 1. The van der Waals surface area contributed by atoms with E-state index in [-0.39, 0.29) is 5.16 Å². The van der Waals surface area contributed by atoms with Gasteiger partial charge in [0, 0.05) is 12.4 Å². The molecular formula is C22H26N2Si. The van der Waals surface area contributed by atoms with Gasteiger partial charge >= 0.3 is 0 Å². The molecule has 3 rings (SSSR count). The second-order valence-corrected chi connectivity index (χ2v) is 8.78. The number of nitrogens with zero attached hydrogens (tertiary/aromatic N) is 2. The molecule has 0 saturated carbocycles. The molecule has 3 aromatic rings. The molecule has 128 valence electrons. The summed E-state index contributed by atoms with van der Waals surface area (Å²) in [5.41, 5.74) is 4.21. The van der Waals surface area contributed by atoms with Crippen LogP contribution in [0.5, 0.6) is 0 Å². The summed E-state index contributed by atoms with van der Waals surface area (Å²) in [4.78, 5) is 4.37. The van der Waals surface area contributed by atoms with Gasteiger partial charge in [0.1, 0.15) is 0 Å². The van der Waals surface area contributed by atoms with Gasteiger partial charge in [0.25, 0.3) is 0 Å². The zero-order valence-electron chi connectivity index (χ0n) is 15.1. The van der Waals surface area contributed by atoms with Crippen LogP contribution in [0.4, 0.5) is 0 Å². The van der Waals surface area contributed by atoms with Gasteiger partial charge in [-0.25, -0.2) is 4.98 Å². The average molecular weight is 347 g/mol. The Morgan fingerprint density at radius 3 is 2.12 bits per heavy atom. The van der Waals surface area contributed by atoms with E-state index in [1.165, 1.54) is 29.2 Å². The second kappa shape index (κ2) is 8.12. The fourth-order valence-electron chi connectivity index (χ4n) is 3.56. The van der Waals surface area contributed by atoms with Crippen LogP contribution in [-0.2, 0) is 5.16 Å². The molecule has 0 saturated heterocycles. The summed E-state index contributed by atoms with van der Waals surface area (Å²) < 4.78 is 2.33. The molecule has 0 radical (unpaired) electrons. The summed E-state index contributed by atoms with van der Waals surface area (Å²) in [6, 6.07) is 23.1. The molecule has 3 heteroatoms. The highest BCUT2D eigenvalue weighted by Crippen LogP contribution is 2.34. The van der Waals surface area contributed by atoms with E-state index in [9.17, 15) is 0 Å². The van der Waals surface area contributed by atoms with Gasteiger partial charge in [0.15, 0.2) is 0 Å². The average Bonchev–Trinajstić information content (AvgIpc) is 3.21. The van der Waals surface area contributed by atoms with Gasteiger partial charge in [0.05, 0.1) is 21.0 Å². The van der Waals surface area contributed by atoms with E-state index in [0.717, 1.165) is 0 Å². The first-order chi connectivity index (χ1) is 12.3. The maximum Gasteiger partial charge on any atom is 0.0953 e. The van der Waals surface area contributed by atoms with Crippen molar-refractivity contribution in [3.05, 3.63) is 102 Å². The third-order valence-corrected chi connectivity index (χ3v) is 7.66. The van der Waals surface area contributed by atoms with Gasteiger partial charge in [-0.3, -0.25) is 0 Å². The molecule has 0 aliphatic heterocycles. The van der Waals surface area contributed by atoms with Crippen molar-refractivity contribution >= 4 is 9.52 Å². The molecule has 25 heavy (non-hydrogen) atoms. The Hall–Kier alpha value is -2.39. The lowest BCUT2D eigenvalue weighted by atomic mass is 9.97. The van der Waals surface area contributed by atoms with Crippen molar-refractivity contribution in [3.8, 4) is 0 Å². The molecule has 0 fully saturated rings. The van der Waals surface area contributed by atoms with E-state index in [0.29, 0.717) is 0 Å². The van der Waals surface area contributed by atoms with E-state index in [2.05, 4.69) is 96.3 Å². The van der Waals surface area contributed by atoms with Crippen LogP contribution in [0.15, 0.2) is 91.0 Å². The molecule has 0 spiro atoms. The van der Waals surface area contributed by atoms with Crippen molar-refractivity contribution in [2.45, 2.75) is 31.5 Å². The maximum atomic E-state index is 4.37. The van der Waals surface area contributed by atoms with Gasteiger partial charge in [-0.15, -0.1) is 0 Å². The monoisotopic (exact) mass is 346 g/mol. The van der Waals surface area contributed by atoms with E-state index >= 15 is 0 Å². The summed E-state index contributed by atoms with van der Waals surface area (Å²) >= 11 is 0. The Bertz CT molecular complexity index is 753. The fourth-order valence-corrected chi connectivity index (χ4v) is 6.30. The van der Waals surface area contributed by atoms with E-state index in [1.54, 1.807) is 0 Å². The van der Waals surface area contributed by atoms with Crippen LogP contribution in [0.25, 0.3) is 0 Å². The lowest BCUT2D eigenvalue weighted by Gasteiger charge is -2.37. The molecule has 0 N–H and O–H groups in total. The Kier molecular flexibility index (Phi) is 5.66. The van der Waals surface area contributed by atoms with Crippen LogP contribution < -0.4 is 0 Å². The zero-order chi connectivity index (χ0) is 17.5. The topological polar surface area (TPSA) is 17.8 Å². The second-order valence-electron chi connectivity index (χ2n) is 6.55. The Morgan fingerprint density at radius 1 is 1.04 bits per heavy atom. The number of aromatic nitrogens is 2. The molecule has 2 aromatic carbocycles. The molecular weight excluding hydrogens is 320 g/mol. The van der Waals surface area contributed by atoms with Gasteiger partial charge in [-0.1, -0.05) is 78.4 Å². The smallest absolute Gasteiger partial charge is 0.0953 e. The highest BCUT2D eigenvalue weighted by atomic mass is 28.2. The summed E-state index contributed by atoms with van der Waals surface area (Å²) in [6.07, 6.45) is 9.41. The number of hydrogen-bond donors (Lipinski definition) is 0. The van der Waals surface area contributed by atoms with E-state index in [4.69, 9.17) is 0 Å². The number of allylic oxidation sites excluding steroid dienone is 2. The Labute approximate surface area is 153 Å². The first kappa shape index (κ1) is 17.4. The molecule has 0 bridgehead atoms. The van der Waals surface area contributed by atoms with Crippen molar-refractivity contribution in [1.82, 2.24) is 9.55 Å². The fraction of sp³-hybridized carbons (Fsp3) is 0.227. The van der Waals surface area contributed by atoms with Crippen molar-refractivity contribution in [2.24, 2.45) is 0 Å². The normalized spacial score (nSPS) is 12.8. The molecule has 0 atom stereocenters. The van der Waals surface area contributed by atoms with Gasteiger partial charge in [-0.05, 0) is 31.4 Å². The Balaban J connectivity index is 2.11. The van der Waals surface area contributed by atoms with E-state index < -0.39 is 9.52 Å². The van der Waals surface area contributed by atoms with Crippen molar-refractivity contribution < 1.29 is 0 Å². The number of hydrogen-bond acceptors (Lipinski definition) is 1. The molecule has 0 unspecified atom stereocenters. The lowest BCUT2D eigenvalue weighted by Crippen LogP contribution is -2.41. The van der Waals surface area contributed by atoms with Gasteiger partial charge in [0.2, 0.25) is 0 Å². The minimum absolute atomic E-state index is 0.0902. The SMILES string of the molecule is CC=C(C)CC[SiH2]C(c1ccccc1)(c1ccccc1)n1ccnc1. The predicted octanol–water partition coefficient (Wildman–Crippen LogP) is 4.58. The van der Waals surface area contributed by atoms with Crippen molar-refractivity contribution in [3.63, 3.8) is 0 Å². The highest BCUT2D eigenvalue weighted by molar-refractivity contribution is 6.41. The highest BCUT2D eigenvalue weighted by Gasteiger charge is 2.35. The quantitative estimate of drug-likeness (QED) is 0.452. The summed E-state index contributed by atoms with van der Waals surface area (Å²) in [5, 5.41) is -0.0902. The summed E-state index contributed by atoms with van der Waals surface area (Å²) in [6.45, 7) is 4.37. The molecule has 2 nitrogen and oxygen atoms in total. The largest absolute Gasteiger partial charge is 0.327 e. The molecule has 0 amide bonds. The van der Waals surface area contributed by atoms with Gasteiger partial charge in [-0.2, -0.15) is 0 Å². The van der Waals surface area contributed by atoms with Crippen LogP contribution in [0.3, 0.4) is 0 Å². The predicted molar refractivity (Wildman–Crippen MR) is 109 cm³/mol. The zero-order valence-corrected chi connectivity index (χ0v) is 16.5. The first-order valence-electron chi connectivity index (χ1n) is 8.98. The standard InChI is InChI=1S/C22H26N2Si/c1-3-19(2)14-17-25-22(24-16-15-23-18-24,20-10-6-4-7-11-20)21-12-8-5-9-13-21/h3-13,15-16,18H,14,17,25H2,1-2H3. The van der Waals surface area contributed by atoms with Crippen molar-refractivity contribution in [2.75, 3.05) is 0 Å². The third-order valence-electron chi connectivity index (χ3n) is 5.05. The third kappa shape index (κ3) is 3.66. The first-order valence-corrected chi connectivity index (χ1v) is 10.7. The van der Waals surface area contributed by atoms with Crippen LogP contribution >= 0.6 is 0 Å². The van der Waals surface area contributed by atoms with Crippen LogP contribution in [-0.4, -0.2) is 19.1 Å². The minimum atomic E-state index is -0.517. The molecule has 0 aliphatic carbocycles. The molecule has 1 aromatic heterocycles. The Morgan fingerprint density at radius 2 is 1.64 bits per heavy atom. The molecule has 1 heterocycles. The maximum absolute atomic E-state index is 4.37. The summed E-state index contributed by atoms with van der Waals surface area (Å²) in [5.74, 6) is 0. The molecule has 0 aliphatic rings. The summed E-state index contributed by atoms with van der Waals surface area (Å²) in [7, 11) is -0.517.